The SMILES string of the molecule is CS(=O)(=O)c1ccc(-c2nn(-c3ccc(F)nc3)cc2Sc2ccc(Cl)cn2)cn1. The molecule has 0 saturated carbocycles. The van der Waals surface area contributed by atoms with Crippen LogP contribution in [0.2, 0.25) is 5.02 Å². The summed E-state index contributed by atoms with van der Waals surface area (Å²) in [6.45, 7) is 0. The van der Waals surface area contributed by atoms with E-state index in [2.05, 4.69) is 20.1 Å². The average Bonchev–Trinajstić information content (AvgIpc) is 3.13. The minimum atomic E-state index is -3.41. The van der Waals surface area contributed by atoms with Crippen molar-refractivity contribution in [3.8, 4) is 16.9 Å². The first-order valence-corrected chi connectivity index (χ1v) is 11.6. The molecule has 0 atom stereocenters. The maximum Gasteiger partial charge on any atom is 0.212 e. The van der Waals surface area contributed by atoms with Crippen LogP contribution in [-0.4, -0.2) is 39.4 Å². The number of aromatic nitrogens is 5. The van der Waals surface area contributed by atoms with Gasteiger partial charge in [-0.25, -0.2) is 28.1 Å². The Balaban J connectivity index is 1.78. The zero-order valence-electron chi connectivity index (χ0n) is 15.4. The minimum absolute atomic E-state index is 0.0259. The average molecular weight is 462 g/mol. The van der Waals surface area contributed by atoms with Crippen LogP contribution in [0.3, 0.4) is 0 Å². The smallest absolute Gasteiger partial charge is 0.212 e. The van der Waals surface area contributed by atoms with E-state index in [1.807, 2.05) is 0 Å². The molecule has 0 aliphatic rings. The monoisotopic (exact) mass is 461 g/mol. The number of nitrogens with zero attached hydrogens (tertiary/aromatic N) is 5. The molecule has 0 saturated heterocycles. The van der Waals surface area contributed by atoms with Gasteiger partial charge in [0.25, 0.3) is 0 Å². The van der Waals surface area contributed by atoms with Gasteiger partial charge in [-0.3, -0.25) is 0 Å². The molecule has 0 spiro atoms. The number of sulfone groups is 1. The molecule has 4 aromatic rings. The lowest BCUT2D eigenvalue weighted by molar-refractivity contribution is 0.582. The van der Waals surface area contributed by atoms with Crippen LogP contribution >= 0.6 is 23.4 Å². The lowest BCUT2D eigenvalue weighted by Crippen LogP contribution is -2.00. The summed E-state index contributed by atoms with van der Waals surface area (Å²) in [6, 6.07) is 9.37. The topological polar surface area (TPSA) is 90.6 Å². The van der Waals surface area contributed by atoms with Crippen LogP contribution in [0.4, 0.5) is 4.39 Å². The van der Waals surface area contributed by atoms with E-state index in [-0.39, 0.29) is 5.03 Å². The predicted molar refractivity (Wildman–Crippen MR) is 111 cm³/mol. The molecule has 0 aromatic carbocycles. The molecule has 11 heteroatoms. The largest absolute Gasteiger partial charge is 0.248 e. The van der Waals surface area contributed by atoms with Gasteiger partial charge in [-0.15, -0.1) is 0 Å². The second kappa shape index (κ2) is 8.13. The molecule has 0 radical (unpaired) electrons. The summed E-state index contributed by atoms with van der Waals surface area (Å²) in [5.41, 5.74) is 1.75. The third kappa shape index (κ3) is 4.50. The van der Waals surface area contributed by atoms with E-state index in [1.165, 1.54) is 36.3 Å². The molecule has 4 heterocycles. The summed E-state index contributed by atoms with van der Waals surface area (Å²) in [7, 11) is -3.41. The fraction of sp³-hybridized carbons (Fsp3) is 0.0526. The highest BCUT2D eigenvalue weighted by Crippen LogP contribution is 2.35. The van der Waals surface area contributed by atoms with Crippen molar-refractivity contribution in [3.63, 3.8) is 0 Å². The first-order chi connectivity index (χ1) is 14.3. The highest BCUT2D eigenvalue weighted by atomic mass is 35.5. The van der Waals surface area contributed by atoms with Gasteiger partial charge in [0.15, 0.2) is 14.9 Å². The Hall–Kier alpha value is -2.82. The van der Waals surface area contributed by atoms with Crippen molar-refractivity contribution < 1.29 is 12.8 Å². The molecule has 0 bridgehead atoms. The Morgan fingerprint density at radius 2 is 1.83 bits per heavy atom. The van der Waals surface area contributed by atoms with E-state index in [9.17, 15) is 12.8 Å². The Kier molecular flexibility index (Phi) is 5.54. The summed E-state index contributed by atoms with van der Waals surface area (Å²) < 4.78 is 38.1. The van der Waals surface area contributed by atoms with Crippen molar-refractivity contribution in [2.24, 2.45) is 0 Å². The predicted octanol–water partition coefficient (Wildman–Crippen LogP) is 4.07. The normalized spacial score (nSPS) is 11.6. The minimum Gasteiger partial charge on any atom is -0.248 e. The summed E-state index contributed by atoms with van der Waals surface area (Å²) in [6.07, 6.45) is 7.21. The van der Waals surface area contributed by atoms with E-state index in [0.717, 1.165) is 11.2 Å². The van der Waals surface area contributed by atoms with Crippen LogP contribution in [0.25, 0.3) is 16.9 Å². The molecule has 0 amide bonds. The fourth-order valence-corrected chi connectivity index (χ4v) is 4.09. The van der Waals surface area contributed by atoms with Crippen molar-refractivity contribution in [1.29, 1.82) is 0 Å². The second-order valence-corrected chi connectivity index (χ2v) is 9.66. The molecule has 30 heavy (non-hydrogen) atoms. The van der Waals surface area contributed by atoms with Crippen molar-refractivity contribution in [2.75, 3.05) is 6.26 Å². The third-order valence-electron chi connectivity index (χ3n) is 3.96. The lowest BCUT2D eigenvalue weighted by atomic mass is 10.2. The number of rotatable bonds is 5. The zero-order chi connectivity index (χ0) is 21.3. The maximum atomic E-state index is 13.2. The van der Waals surface area contributed by atoms with Crippen LogP contribution in [0.1, 0.15) is 0 Å². The van der Waals surface area contributed by atoms with Crippen molar-refractivity contribution >= 4 is 33.2 Å². The molecule has 4 rings (SSSR count). The third-order valence-corrected chi connectivity index (χ3v) is 6.16. The van der Waals surface area contributed by atoms with Gasteiger partial charge in [0, 0.05) is 30.4 Å². The van der Waals surface area contributed by atoms with E-state index in [1.54, 1.807) is 41.3 Å². The molecule has 0 aliphatic carbocycles. The first-order valence-electron chi connectivity index (χ1n) is 8.47. The maximum absolute atomic E-state index is 13.2. The molecule has 7 nitrogen and oxygen atoms in total. The Bertz CT molecular complexity index is 1290. The molecule has 4 aromatic heterocycles. The summed E-state index contributed by atoms with van der Waals surface area (Å²) in [5, 5.41) is 5.76. The van der Waals surface area contributed by atoms with Gasteiger partial charge in [-0.2, -0.15) is 9.49 Å². The zero-order valence-corrected chi connectivity index (χ0v) is 17.8. The van der Waals surface area contributed by atoms with Gasteiger partial charge in [-0.05, 0) is 36.4 Å². The molecular formula is C19H13ClFN5O2S2. The molecular weight excluding hydrogens is 449 g/mol. The van der Waals surface area contributed by atoms with Gasteiger partial charge in [-0.1, -0.05) is 23.4 Å². The molecule has 0 N–H and O–H groups in total. The summed E-state index contributed by atoms with van der Waals surface area (Å²) in [5.74, 6) is -0.591. The van der Waals surface area contributed by atoms with E-state index in [0.29, 0.717) is 27.0 Å². The molecule has 0 aliphatic heterocycles. The van der Waals surface area contributed by atoms with Gasteiger partial charge >= 0.3 is 0 Å². The van der Waals surface area contributed by atoms with Crippen molar-refractivity contribution in [2.45, 2.75) is 14.9 Å². The van der Waals surface area contributed by atoms with E-state index >= 15 is 0 Å². The van der Waals surface area contributed by atoms with Crippen LogP contribution in [0.5, 0.6) is 0 Å². The number of halogens is 2. The summed E-state index contributed by atoms with van der Waals surface area (Å²) in [4.78, 5) is 12.7. The van der Waals surface area contributed by atoms with E-state index in [4.69, 9.17) is 11.6 Å². The molecule has 0 unspecified atom stereocenters. The van der Waals surface area contributed by atoms with Gasteiger partial charge in [0.05, 0.1) is 21.8 Å². The standard InChI is InChI=1S/C19H13ClFN5O2S2/c1-30(27,28)18-7-2-12(8-24-18)19-15(29-17-6-3-13(20)9-23-17)11-26(25-19)14-4-5-16(21)22-10-14/h2-11H,1H3. The van der Waals surface area contributed by atoms with E-state index < -0.39 is 15.8 Å². The quantitative estimate of drug-likeness (QED) is 0.414. The van der Waals surface area contributed by atoms with Crippen LogP contribution in [-0.2, 0) is 9.84 Å². The highest BCUT2D eigenvalue weighted by Gasteiger charge is 2.16. The Labute approximate surface area is 180 Å². The van der Waals surface area contributed by atoms with Gasteiger partial charge in [0.2, 0.25) is 5.95 Å². The highest BCUT2D eigenvalue weighted by molar-refractivity contribution is 7.99. The lowest BCUT2D eigenvalue weighted by Gasteiger charge is -2.03. The fourth-order valence-electron chi connectivity index (χ4n) is 2.54. The van der Waals surface area contributed by atoms with Crippen LogP contribution in [0.15, 0.2) is 76.1 Å². The summed E-state index contributed by atoms with van der Waals surface area (Å²) >= 11 is 7.26. The number of pyridine rings is 3. The van der Waals surface area contributed by atoms with Gasteiger partial charge < -0.3 is 0 Å². The first kappa shape index (κ1) is 20.5. The van der Waals surface area contributed by atoms with Crippen molar-refractivity contribution in [1.82, 2.24) is 24.7 Å². The van der Waals surface area contributed by atoms with Crippen molar-refractivity contribution in [3.05, 3.63) is 72.2 Å². The molecule has 0 fully saturated rings. The van der Waals surface area contributed by atoms with Crippen LogP contribution in [0, 0.1) is 5.95 Å². The Morgan fingerprint density at radius 3 is 2.43 bits per heavy atom. The van der Waals surface area contributed by atoms with Gasteiger partial charge in [0.1, 0.15) is 10.7 Å². The number of hydrogen-bond donors (Lipinski definition) is 0. The Morgan fingerprint density at radius 1 is 1.00 bits per heavy atom. The number of hydrogen-bond acceptors (Lipinski definition) is 7. The second-order valence-electron chi connectivity index (χ2n) is 6.20. The van der Waals surface area contributed by atoms with Crippen LogP contribution < -0.4 is 0 Å². The molecule has 152 valence electrons.